The predicted molar refractivity (Wildman–Crippen MR) is 47.5 cm³/mol. The molecule has 1 heteroatoms. The molecule has 0 amide bonds. The van der Waals surface area contributed by atoms with Gasteiger partial charge in [0, 0.05) is 0 Å². The second-order valence-corrected chi connectivity index (χ2v) is 4.44. The van der Waals surface area contributed by atoms with E-state index in [1.807, 2.05) is 0 Å². The van der Waals surface area contributed by atoms with Gasteiger partial charge in [-0.3, -0.25) is 0 Å². The van der Waals surface area contributed by atoms with Crippen molar-refractivity contribution >= 4 is 0 Å². The molecule has 0 saturated heterocycles. The average Bonchev–Trinajstić information content (AvgIpc) is 2.32. The topological polar surface area (TPSA) is 12.0 Å². The van der Waals surface area contributed by atoms with E-state index >= 15 is 0 Å². The standard InChI is InChI=1S/C10H19N/c1-11-7-10-5-8-2-3-9(4-8)6-10/h8-11H,2-7H2,1H3/t8-,9-/m1/s1. The van der Waals surface area contributed by atoms with Gasteiger partial charge in [0.05, 0.1) is 0 Å². The Morgan fingerprint density at radius 1 is 1.09 bits per heavy atom. The zero-order valence-corrected chi connectivity index (χ0v) is 7.47. The van der Waals surface area contributed by atoms with E-state index in [9.17, 15) is 0 Å². The molecule has 2 rings (SSSR count). The Bertz CT molecular complexity index is 121. The molecule has 0 aliphatic heterocycles. The first-order valence-corrected chi connectivity index (χ1v) is 5.03. The maximum Gasteiger partial charge on any atom is -0.00233 e. The Hall–Kier alpha value is -0.0400. The maximum atomic E-state index is 3.31. The van der Waals surface area contributed by atoms with Crippen LogP contribution in [0.3, 0.4) is 0 Å². The van der Waals surface area contributed by atoms with Gasteiger partial charge in [0.2, 0.25) is 0 Å². The van der Waals surface area contributed by atoms with Crippen molar-refractivity contribution in [1.29, 1.82) is 0 Å². The molecular weight excluding hydrogens is 134 g/mol. The summed E-state index contributed by atoms with van der Waals surface area (Å²) in [7, 11) is 2.08. The van der Waals surface area contributed by atoms with Crippen LogP contribution in [-0.4, -0.2) is 13.6 Å². The summed E-state index contributed by atoms with van der Waals surface area (Å²) in [5.74, 6) is 3.21. The zero-order chi connectivity index (χ0) is 7.68. The summed E-state index contributed by atoms with van der Waals surface area (Å²) in [5.41, 5.74) is 0. The van der Waals surface area contributed by atoms with Gasteiger partial charge in [0.25, 0.3) is 0 Å². The molecule has 2 bridgehead atoms. The molecule has 64 valence electrons. The van der Waals surface area contributed by atoms with Gasteiger partial charge in [0.15, 0.2) is 0 Å². The smallest absolute Gasteiger partial charge is 0.00233 e. The van der Waals surface area contributed by atoms with Gasteiger partial charge >= 0.3 is 0 Å². The summed E-state index contributed by atoms with van der Waals surface area (Å²) >= 11 is 0. The van der Waals surface area contributed by atoms with E-state index in [0.717, 1.165) is 17.8 Å². The second-order valence-electron chi connectivity index (χ2n) is 4.44. The molecule has 2 fully saturated rings. The molecule has 2 aliphatic rings. The van der Waals surface area contributed by atoms with Gasteiger partial charge in [-0.05, 0) is 50.6 Å². The summed E-state index contributed by atoms with van der Waals surface area (Å²) in [4.78, 5) is 0. The van der Waals surface area contributed by atoms with Crippen LogP contribution in [0.15, 0.2) is 0 Å². The molecule has 2 saturated carbocycles. The number of hydrogen-bond donors (Lipinski definition) is 1. The SMILES string of the molecule is CNCC1C[C@@H]2CC[C@@H](C1)C2. The van der Waals surface area contributed by atoms with Gasteiger partial charge in [-0.25, -0.2) is 0 Å². The van der Waals surface area contributed by atoms with Crippen LogP contribution in [0.4, 0.5) is 0 Å². The van der Waals surface area contributed by atoms with Gasteiger partial charge < -0.3 is 5.32 Å². The first-order valence-electron chi connectivity index (χ1n) is 5.03. The van der Waals surface area contributed by atoms with Crippen LogP contribution in [0.5, 0.6) is 0 Å². The highest BCUT2D eigenvalue weighted by Crippen LogP contribution is 2.44. The minimum atomic E-state index is 1.01. The van der Waals surface area contributed by atoms with E-state index in [1.165, 1.54) is 32.2 Å². The lowest BCUT2D eigenvalue weighted by atomic mass is 9.81. The summed E-state index contributed by atoms with van der Waals surface area (Å²) in [6.45, 7) is 1.26. The van der Waals surface area contributed by atoms with Crippen molar-refractivity contribution in [2.45, 2.75) is 32.1 Å². The Morgan fingerprint density at radius 3 is 2.27 bits per heavy atom. The maximum absolute atomic E-state index is 3.31. The fraction of sp³-hybridized carbons (Fsp3) is 1.00. The van der Waals surface area contributed by atoms with Crippen LogP contribution in [0.2, 0.25) is 0 Å². The fourth-order valence-electron chi connectivity index (χ4n) is 3.10. The van der Waals surface area contributed by atoms with Crippen LogP contribution in [0, 0.1) is 17.8 Å². The molecule has 2 aliphatic carbocycles. The number of hydrogen-bond acceptors (Lipinski definition) is 1. The van der Waals surface area contributed by atoms with E-state index < -0.39 is 0 Å². The van der Waals surface area contributed by atoms with Crippen molar-refractivity contribution in [3.63, 3.8) is 0 Å². The molecule has 0 aromatic rings. The van der Waals surface area contributed by atoms with Gasteiger partial charge in [-0.2, -0.15) is 0 Å². The van der Waals surface area contributed by atoms with Crippen LogP contribution < -0.4 is 5.32 Å². The number of fused-ring (bicyclic) bond motifs is 2. The second kappa shape index (κ2) is 3.14. The molecule has 1 nitrogen and oxygen atoms in total. The Labute approximate surface area is 69.6 Å². The minimum Gasteiger partial charge on any atom is -0.319 e. The molecular formula is C10H19N. The van der Waals surface area contributed by atoms with Gasteiger partial charge in [-0.1, -0.05) is 12.8 Å². The highest BCUT2D eigenvalue weighted by Gasteiger charge is 2.33. The lowest BCUT2D eigenvalue weighted by molar-refractivity contribution is 0.257. The average molecular weight is 153 g/mol. The third-order valence-electron chi connectivity index (χ3n) is 3.48. The first-order chi connectivity index (χ1) is 5.38. The van der Waals surface area contributed by atoms with Crippen molar-refractivity contribution in [3.05, 3.63) is 0 Å². The number of nitrogens with one attached hydrogen (secondary N) is 1. The van der Waals surface area contributed by atoms with Gasteiger partial charge in [0.1, 0.15) is 0 Å². The van der Waals surface area contributed by atoms with E-state index in [-0.39, 0.29) is 0 Å². The molecule has 1 N–H and O–H groups in total. The molecule has 0 heterocycles. The normalized spacial score (nSPS) is 42.8. The highest BCUT2D eigenvalue weighted by atomic mass is 14.8. The van der Waals surface area contributed by atoms with Crippen LogP contribution >= 0.6 is 0 Å². The lowest BCUT2D eigenvalue weighted by Gasteiger charge is -2.27. The monoisotopic (exact) mass is 153 g/mol. The molecule has 0 unspecified atom stereocenters. The van der Waals surface area contributed by atoms with Crippen LogP contribution in [-0.2, 0) is 0 Å². The summed E-state index contributed by atoms with van der Waals surface area (Å²) < 4.78 is 0. The minimum absolute atomic E-state index is 1.01. The largest absolute Gasteiger partial charge is 0.319 e. The molecule has 0 aromatic heterocycles. The van der Waals surface area contributed by atoms with Crippen LogP contribution in [0.25, 0.3) is 0 Å². The highest BCUT2D eigenvalue weighted by molar-refractivity contribution is 4.85. The Morgan fingerprint density at radius 2 is 1.73 bits per heavy atom. The summed E-state index contributed by atoms with van der Waals surface area (Å²) in [6, 6.07) is 0. The van der Waals surface area contributed by atoms with E-state index in [4.69, 9.17) is 0 Å². The predicted octanol–water partition coefficient (Wildman–Crippen LogP) is 2.03. The van der Waals surface area contributed by atoms with Crippen molar-refractivity contribution in [1.82, 2.24) is 5.32 Å². The first kappa shape index (κ1) is 7.60. The Balaban J connectivity index is 1.87. The molecule has 2 atom stereocenters. The fourth-order valence-corrected chi connectivity index (χ4v) is 3.10. The van der Waals surface area contributed by atoms with E-state index in [0.29, 0.717) is 0 Å². The Kier molecular flexibility index (Phi) is 2.17. The van der Waals surface area contributed by atoms with E-state index in [1.54, 1.807) is 6.42 Å². The summed E-state index contributed by atoms with van der Waals surface area (Å²) in [6.07, 6.45) is 7.64. The number of rotatable bonds is 2. The zero-order valence-electron chi connectivity index (χ0n) is 7.47. The van der Waals surface area contributed by atoms with Crippen molar-refractivity contribution in [2.75, 3.05) is 13.6 Å². The molecule has 11 heavy (non-hydrogen) atoms. The lowest BCUT2D eigenvalue weighted by Crippen LogP contribution is -2.25. The third kappa shape index (κ3) is 1.58. The molecule has 0 radical (unpaired) electrons. The molecule has 0 aromatic carbocycles. The van der Waals surface area contributed by atoms with Crippen LogP contribution in [0.1, 0.15) is 32.1 Å². The van der Waals surface area contributed by atoms with Crippen molar-refractivity contribution in [2.24, 2.45) is 17.8 Å². The van der Waals surface area contributed by atoms with Crippen molar-refractivity contribution in [3.8, 4) is 0 Å². The molecule has 0 spiro atoms. The third-order valence-corrected chi connectivity index (χ3v) is 3.48. The van der Waals surface area contributed by atoms with Crippen molar-refractivity contribution < 1.29 is 0 Å². The van der Waals surface area contributed by atoms with Gasteiger partial charge in [-0.15, -0.1) is 0 Å². The van der Waals surface area contributed by atoms with E-state index in [2.05, 4.69) is 12.4 Å². The quantitative estimate of drug-likeness (QED) is 0.640. The summed E-state index contributed by atoms with van der Waals surface area (Å²) in [5, 5.41) is 3.31.